The Morgan fingerprint density at radius 3 is 2.44 bits per heavy atom. The highest BCUT2D eigenvalue weighted by Gasteiger charge is 2.20. The molecule has 0 atom stereocenters. The zero-order valence-corrected chi connectivity index (χ0v) is 10.9. The lowest BCUT2D eigenvalue weighted by molar-refractivity contribution is -0.387. The predicted octanol–water partition coefficient (Wildman–Crippen LogP) is 4.00. The van der Waals surface area contributed by atoms with Crippen LogP contribution in [-0.4, -0.2) is 10.7 Å². The normalized spacial score (nSPS) is 11.5. The molecule has 0 saturated carbocycles. The number of nitro benzene ring substituents is 1. The predicted molar refractivity (Wildman–Crippen MR) is 68.2 cm³/mol. The molecule has 0 unspecified atom stereocenters. The summed E-state index contributed by atoms with van der Waals surface area (Å²) in [5, 5.41) is 11.0. The summed E-state index contributed by atoms with van der Waals surface area (Å²) in [5.74, 6) is 0.843. The van der Waals surface area contributed by atoms with Gasteiger partial charge in [-0.05, 0) is 22.8 Å². The topological polar surface area (TPSA) is 43.1 Å². The van der Waals surface area contributed by atoms with Crippen LogP contribution < -0.4 is 0 Å². The van der Waals surface area contributed by atoms with Gasteiger partial charge in [0, 0.05) is 6.07 Å². The van der Waals surface area contributed by atoms with Crippen LogP contribution >= 0.6 is 11.8 Å². The van der Waals surface area contributed by atoms with E-state index in [0.29, 0.717) is 0 Å². The highest BCUT2D eigenvalue weighted by atomic mass is 32.2. The van der Waals surface area contributed by atoms with Gasteiger partial charge in [0.1, 0.15) is 0 Å². The Morgan fingerprint density at radius 1 is 1.38 bits per heavy atom. The van der Waals surface area contributed by atoms with Gasteiger partial charge in [0.2, 0.25) is 0 Å². The Balaban J connectivity index is 3.23. The summed E-state index contributed by atoms with van der Waals surface area (Å²) in [6.45, 7) is 8.15. The Labute approximate surface area is 100 Å². The number of nitro groups is 1. The molecule has 0 aliphatic heterocycles. The second-order valence-corrected chi connectivity index (χ2v) is 5.93. The van der Waals surface area contributed by atoms with Crippen molar-refractivity contribution in [3.8, 4) is 0 Å². The molecule has 3 nitrogen and oxygen atoms in total. The number of rotatable bonds is 3. The molecule has 0 amide bonds. The van der Waals surface area contributed by atoms with Crippen molar-refractivity contribution in [3.05, 3.63) is 33.9 Å². The highest BCUT2D eigenvalue weighted by molar-refractivity contribution is 7.99. The van der Waals surface area contributed by atoms with E-state index in [0.717, 1.165) is 16.2 Å². The van der Waals surface area contributed by atoms with Crippen LogP contribution in [0.5, 0.6) is 0 Å². The first kappa shape index (κ1) is 13.0. The summed E-state index contributed by atoms with van der Waals surface area (Å²) in [6.07, 6.45) is 0. The van der Waals surface area contributed by atoms with Crippen molar-refractivity contribution in [2.24, 2.45) is 0 Å². The van der Waals surface area contributed by atoms with Gasteiger partial charge in [-0.1, -0.05) is 33.8 Å². The standard InChI is InChI=1S/C12H17NO2S/c1-5-16-11-7-6-9(12(2,3)4)8-10(11)13(14)15/h6-8H,5H2,1-4H3. The average molecular weight is 239 g/mol. The molecule has 1 rings (SSSR count). The van der Waals surface area contributed by atoms with Gasteiger partial charge in [0.25, 0.3) is 5.69 Å². The molecule has 0 aliphatic carbocycles. The molecule has 0 spiro atoms. The molecule has 0 bridgehead atoms. The number of thioether (sulfide) groups is 1. The third-order valence-corrected chi connectivity index (χ3v) is 3.27. The van der Waals surface area contributed by atoms with Crippen molar-refractivity contribution in [2.75, 3.05) is 5.75 Å². The third kappa shape index (κ3) is 2.98. The van der Waals surface area contributed by atoms with Crippen LogP contribution in [-0.2, 0) is 5.41 Å². The van der Waals surface area contributed by atoms with E-state index in [1.54, 1.807) is 6.07 Å². The lowest BCUT2D eigenvalue weighted by Crippen LogP contribution is -2.11. The van der Waals surface area contributed by atoms with Crippen LogP contribution in [0.25, 0.3) is 0 Å². The molecule has 16 heavy (non-hydrogen) atoms. The van der Waals surface area contributed by atoms with E-state index in [-0.39, 0.29) is 16.0 Å². The Kier molecular flexibility index (Phi) is 3.97. The fourth-order valence-electron chi connectivity index (χ4n) is 1.40. The first-order chi connectivity index (χ1) is 7.36. The Hall–Kier alpha value is -1.03. The molecule has 0 radical (unpaired) electrons. The van der Waals surface area contributed by atoms with Crippen molar-refractivity contribution in [1.29, 1.82) is 0 Å². The van der Waals surface area contributed by atoms with Crippen LogP contribution in [0.4, 0.5) is 5.69 Å². The maximum Gasteiger partial charge on any atom is 0.283 e. The van der Waals surface area contributed by atoms with E-state index >= 15 is 0 Å². The summed E-state index contributed by atoms with van der Waals surface area (Å²) >= 11 is 1.51. The summed E-state index contributed by atoms with van der Waals surface area (Å²) in [6, 6.07) is 5.52. The van der Waals surface area contributed by atoms with Gasteiger partial charge in [-0.3, -0.25) is 10.1 Å². The Morgan fingerprint density at radius 2 is 2.00 bits per heavy atom. The maximum atomic E-state index is 11.0. The van der Waals surface area contributed by atoms with Crippen molar-refractivity contribution >= 4 is 17.4 Å². The van der Waals surface area contributed by atoms with Crippen molar-refractivity contribution in [2.45, 2.75) is 38.0 Å². The largest absolute Gasteiger partial charge is 0.283 e. The van der Waals surface area contributed by atoms with Crippen LogP contribution in [0.15, 0.2) is 23.1 Å². The average Bonchev–Trinajstić information content (AvgIpc) is 2.16. The summed E-state index contributed by atoms with van der Waals surface area (Å²) in [4.78, 5) is 11.4. The lowest BCUT2D eigenvalue weighted by Gasteiger charge is -2.19. The number of hydrogen-bond donors (Lipinski definition) is 0. The van der Waals surface area contributed by atoms with Crippen LogP contribution in [0.1, 0.15) is 33.3 Å². The maximum absolute atomic E-state index is 11.0. The molecule has 0 aliphatic rings. The number of nitrogens with zero attached hydrogens (tertiary/aromatic N) is 1. The van der Waals surface area contributed by atoms with Crippen LogP contribution in [0.3, 0.4) is 0 Å². The van der Waals surface area contributed by atoms with Crippen LogP contribution in [0.2, 0.25) is 0 Å². The molecule has 0 aromatic heterocycles. The molecule has 0 N–H and O–H groups in total. The quantitative estimate of drug-likeness (QED) is 0.455. The molecule has 0 saturated heterocycles. The smallest absolute Gasteiger partial charge is 0.258 e. The summed E-state index contributed by atoms with van der Waals surface area (Å²) in [7, 11) is 0. The monoisotopic (exact) mass is 239 g/mol. The minimum Gasteiger partial charge on any atom is -0.258 e. The molecular formula is C12H17NO2S. The number of hydrogen-bond acceptors (Lipinski definition) is 3. The van der Waals surface area contributed by atoms with E-state index in [9.17, 15) is 10.1 Å². The van der Waals surface area contributed by atoms with Gasteiger partial charge in [0.15, 0.2) is 0 Å². The zero-order valence-electron chi connectivity index (χ0n) is 10.1. The zero-order chi connectivity index (χ0) is 12.3. The van der Waals surface area contributed by atoms with Gasteiger partial charge in [-0.15, -0.1) is 11.8 Å². The van der Waals surface area contributed by atoms with Crippen LogP contribution in [0, 0.1) is 10.1 Å². The highest BCUT2D eigenvalue weighted by Crippen LogP contribution is 2.33. The molecule has 0 heterocycles. The van der Waals surface area contributed by atoms with E-state index in [4.69, 9.17) is 0 Å². The molecule has 88 valence electrons. The van der Waals surface area contributed by atoms with Crippen molar-refractivity contribution < 1.29 is 4.92 Å². The fourth-order valence-corrected chi connectivity index (χ4v) is 2.16. The van der Waals surface area contributed by atoms with E-state index in [2.05, 4.69) is 20.8 Å². The molecule has 0 fully saturated rings. The van der Waals surface area contributed by atoms with Crippen molar-refractivity contribution in [3.63, 3.8) is 0 Å². The molecule has 1 aromatic carbocycles. The van der Waals surface area contributed by atoms with Gasteiger partial charge >= 0.3 is 0 Å². The van der Waals surface area contributed by atoms with Gasteiger partial charge in [-0.25, -0.2) is 0 Å². The first-order valence-corrected chi connectivity index (χ1v) is 6.26. The number of benzene rings is 1. The second kappa shape index (κ2) is 4.87. The van der Waals surface area contributed by atoms with E-state index < -0.39 is 0 Å². The summed E-state index contributed by atoms with van der Waals surface area (Å²) < 4.78 is 0. The molecule has 4 heteroatoms. The lowest BCUT2D eigenvalue weighted by atomic mass is 9.87. The van der Waals surface area contributed by atoms with Crippen molar-refractivity contribution in [1.82, 2.24) is 0 Å². The second-order valence-electron chi connectivity index (χ2n) is 4.62. The van der Waals surface area contributed by atoms with Gasteiger partial charge < -0.3 is 0 Å². The molecule has 1 aromatic rings. The minimum absolute atomic E-state index is 0.0554. The van der Waals surface area contributed by atoms with E-state index in [1.807, 2.05) is 19.1 Å². The molecular weight excluding hydrogens is 222 g/mol. The fraction of sp³-hybridized carbons (Fsp3) is 0.500. The SMILES string of the molecule is CCSc1ccc(C(C)(C)C)cc1[N+](=O)[O-]. The van der Waals surface area contributed by atoms with Gasteiger partial charge in [-0.2, -0.15) is 0 Å². The summed E-state index contributed by atoms with van der Waals surface area (Å²) in [5.41, 5.74) is 1.17. The first-order valence-electron chi connectivity index (χ1n) is 5.28. The van der Waals surface area contributed by atoms with Gasteiger partial charge in [0.05, 0.1) is 9.82 Å². The van der Waals surface area contributed by atoms with E-state index in [1.165, 1.54) is 11.8 Å². The Bertz CT molecular complexity index is 396. The third-order valence-electron chi connectivity index (χ3n) is 2.32. The minimum atomic E-state index is -0.298.